The molecule has 0 unspecified atom stereocenters. The van der Waals surface area contributed by atoms with E-state index in [1.165, 1.54) is 12.1 Å². The normalized spacial score (nSPS) is 21.7. The van der Waals surface area contributed by atoms with Crippen LogP contribution in [0.3, 0.4) is 0 Å². The minimum absolute atomic E-state index is 0.0447. The Morgan fingerprint density at radius 2 is 2.09 bits per heavy atom. The Labute approximate surface area is 136 Å². The van der Waals surface area contributed by atoms with E-state index in [0.29, 0.717) is 13.1 Å². The number of hydrogen-bond acceptors (Lipinski definition) is 2. The topological polar surface area (TPSA) is 29.5 Å². The van der Waals surface area contributed by atoms with Crippen molar-refractivity contribution in [1.82, 2.24) is 4.90 Å². The Morgan fingerprint density at radius 3 is 2.74 bits per heavy atom. The van der Waals surface area contributed by atoms with Gasteiger partial charge in [0.2, 0.25) is 0 Å². The molecule has 1 saturated heterocycles. The van der Waals surface area contributed by atoms with Gasteiger partial charge in [-0.05, 0) is 24.5 Å². The zero-order chi connectivity index (χ0) is 17.0. The van der Waals surface area contributed by atoms with Gasteiger partial charge < -0.3 is 9.64 Å². The second-order valence-electron chi connectivity index (χ2n) is 6.49. The molecule has 0 saturated carbocycles. The van der Waals surface area contributed by atoms with Gasteiger partial charge >= 0.3 is 0 Å². The Bertz CT molecular complexity index is 548. The Morgan fingerprint density at radius 1 is 1.35 bits per heavy atom. The number of benzene rings is 1. The highest BCUT2D eigenvalue weighted by atomic mass is 19.2. The van der Waals surface area contributed by atoms with Crippen LogP contribution in [0.15, 0.2) is 18.2 Å². The van der Waals surface area contributed by atoms with E-state index in [0.717, 1.165) is 25.3 Å². The van der Waals surface area contributed by atoms with Gasteiger partial charge in [-0.1, -0.05) is 39.7 Å². The predicted octanol–water partition coefficient (Wildman–Crippen LogP) is 4.02. The monoisotopic (exact) mass is 325 g/mol. The number of halogens is 2. The number of hydrogen-bond donors (Lipinski definition) is 0. The van der Waals surface area contributed by atoms with Gasteiger partial charge in [-0.2, -0.15) is 0 Å². The Hall–Kier alpha value is -1.49. The number of unbranched alkanes of at least 4 members (excludes halogenated alkanes) is 1. The van der Waals surface area contributed by atoms with Gasteiger partial charge in [0.1, 0.15) is 0 Å². The van der Waals surface area contributed by atoms with E-state index in [1.54, 1.807) is 4.90 Å². The molecule has 1 aromatic carbocycles. The first-order valence-corrected chi connectivity index (χ1v) is 8.32. The van der Waals surface area contributed by atoms with E-state index >= 15 is 0 Å². The highest BCUT2D eigenvalue weighted by Crippen LogP contribution is 2.23. The van der Waals surface area contributed by atoms with Crippen LogP contribution < -0.4 is 0 Å². The molecule has 0 aromatic heterocycles. The predicted molar refractivity (Wildman–Crippen MR) is 85.3 cm³/mol. The van der Waals surface area contributed by atoms with E-state index in [-0.39, 0.29) is 23.7 Å². The third-order valence-electron chi connectivity index (χ3n) is 4.28. The van der Waals surface area contributed by atoms with E-state index < -0.39 is 17.5 Å². The molecular weight excluding hydrogens is 300 g/mol. The number of rotatable bonds is 5. The first-order chi connectivity index (χ1) is 10.9. The van der Waals surface area contributed by atoms with E-state index in [2.05, 4.69) is 6.92 Å². The lowest BCUT2D eigenvalue weighted by molar-refractivity contribution is -0.0963. The molecule has 23 heavy (non-hydrogen) atoms. The summed E-state index contributed by atoms with van der Waals surface area (Å²) in [4.78, 5) is 14.2. The van der Waals surface area contributed by atoms with Crippen LogP contribution in [-0.2, 0) is 4.74 Å². The summed E-state index contributed by atoms with van der Waals surface area (Å²) in [6, 6.07) is 3.72. The molecule has 1 heterocycles. The van der Waals surface area contributed by atoms with Crippen molar-refractivity contribution in [3.05, 3.63) is 35.4 Å². The second kappa shape index (κ2) is 7.86. The van der Waals surface area contributed by atoms with Gasteiger partial charge in [0.25, 0.3) is 5.91 Å². The number of carbonyl (C=O) groups is 1. The van der Waals surface area contributed by atoms with Crippen LogP contribution in [0.1, 0.15) is 50.4 Å². The molecule has 2 rings (SSSR count). The van der Waals surface area contributed by atoms with Crippen molar-refractivity contribution >= 4 is 5.91 Å². The van der Waals surface area contributed by atoms with Crippen LogP contribution >= 0.6 is 0 Å². The van der Waals surface area contributed by atoms with E-state index in [4.69, 9.17) is 4.74 Å². The van der Waals surface area contributed by atoms with Crippen molar-refractivity contribution in [3.8, 4) is 0 Å². The molecule has 0 bridgehead atoms. The maximum absolute atomic E-state index is 13.9. The number of ether oxygens (including phenoxy) is 1. The number of nitrogens with zero attached hydrogens (tertiary/aromatic N) is 1. The van der Waals surface area contributed by atoms with Crippen LogP contribution in [0, 0.1) is 17.6 Å². The molecule has 2 atom stereocenters. The quantitative estimate of drug-likeness (QED) is 0.818. The summed E-state index contributed by atoms with van der Waals surface area (Å²) >= 11 is 0. The molecule has 3 nitrogen and oxygen atoms in total. The molecule has 1 amide bonds. The Kier molecular flexibility index (Phi) is 6.10. The minimum Gasteiger partial charge on any atom is -0.371 e. The molecule has 1 aromatic rings. The summed E-state index contributed by atoms with van der Waals surface area (Å²) in [6.45, 7) is 7.03. The maximum Gasteiger partial charge on any atom is 0.257 e. The lowest BCUT2D eigenvalue weighted by Crippen LogP contribution is -2.51. The van der Waals surface area contributed by atoms with Crippen molar-refractivity contribution in [2.24, 2.45) is 5.92 Å². The van der Waals surface area contributed by atoms with E-state index in [1.807, 2.05) is 13.8 Å². The molecule has 0 aliphatic carbocycles. The molecule has 1 aliphatic rings. The lowest BCUT2D eigenvalue weighted by Gasteiger charge is -2.40. The molecule has 0 spiro atoms. The molecule has 0 radical (unpaired) electrons. The fraction of sp³-hybridized carbons (Fsp3) is 0.611. The number of morpholine rings is 1. The zero-order valence-electron chi connectivity index (χ0n) is 14.0. The van der Waals surface area contributed by atoms with Crippen molar-refractivity contribution in [2.45, 2.75) is 52.2 Å². The molecule has 128 valence electrons. The summed E-state index contributed by atoms with van der Waals surface area (Å²) in [5.74, 6) is -2.27. The third kappa shape index (κ3) is 4.28. The average molecular weight is 325 g/mol. The minimum atomic E-state index is -1.07. The summed E-state index contributed by atoms with van der Waals surface area (Å²) in [5.41, 5.74) is -0.205. The molecular formula is C18H25F2NO2. The zero-order valence-corrected chi connectivity index (χ0v) is 14.0. The van der Waals surface area contributed by atoms with Crippen LogP contribution in [0.2, 0.25) is 0 Å². The third-order valence-corrected chi connectivity index (χ3v) is 4.28. The van der Waals surface area contributed by atoms with Crippen LogP contribution in [0.5, 0.6) is 0 Å². The van der Waals surface area contributed by atoms with Crippen LogP contribution in [0.4, 0.5) is 8.78 Å². The van der Waals surface area contributed by atoms with Gasteiger partial charge in [0.05, 0.1) is 17.8 Å². The first kappa shape index (κ1) is 17.9. The van der Waals surface area contributed by atoms with Crippen molar-refractivity contribution in [1.29, 1.82) is 0 Å². The summed E-state index contributed by atoms with van der Waals surface area (Å²) < 4.78 is 33.4. The van der Waals surface area contributed by atoms with Gasteiger partial charge in [0.15, 0.2) is 11.6 Å². The highest BCUT2D eigenvalue weighted by Gasteiger charge is 2.33. The lowest BCUT2D eigenvalue weighted by atomic mass is 10.0. The van der Waals surface area contributed by atoms with Gasteiger partial charge in [-0.3, -0.25) is 4.79 Å². The first-order valence-electron chi connectivity index (χ1n) is 8.32. The van der Waals surface area contributed by atoms with Gasteiger partial charge in [-0.15, -0.1) is 0 Å². The van der Waals surface area contributed by atoms with Crippen molar-refractivity contribution in [2.75, 3.05) is 13.1 Å². The summed E-state index contributed by atoms with van der Waals surface area (Å²) in [7, 11) is 0. The molecule has 1 fully saturated rings. The van der Waals surface area contributed by atoms with Crippen LogP contribution in [0.25, 0.3) is 0 Å². The average Bonchev–Trinajstić information content (AvgIpc) is 2.54. The maximum atomic E-state index is 13.9. The summed E-state index contributed by atoms with van der Waals surface area (Å²) in [6.07, 6.45) is 2.82. The standard InChI is InChI=1S/C18H25F2NO2/c1-4-5-7-13-10-21(11-16(23-13)12(2)3)18(22)14-8-6-9-15(19)17(14)20/h6,8-9,12-13,16H,4-5,7,10-11H2,1-3H3/t13-,16-/m1/s1. The van der Waals surface area contributed by atoms with Gasteiger partial charge in [-0.25, -0.2) is 8.78 Å². The smallest absolute Gasteiger partial charge is 0.257 e. The largest absolute Gasteiger partial charge is 0.371 e. The fourth-order valence-electron chi connectivity index (χ4n) is 2.84. The number of amides is 1. The number of carbonyl (C=O) groups excluding carboxylic acids is 1. The van der Waals surface area contributed by atoms with E-state index in [9.17, 15) is 13.6 Å². The molecule has 1 aliphatic heterocycles. The highest BCUT2D eigenvalue weighted by molar-refractivity contribution is 5.94. The summed E-state index contributed by atoms with van der Waals surface area (Å²) in [5, 5.41) is 0. The van der Waals surface area contributed by atoms with Crippen molar-refractivity contribution in [3.63, 3.8) is 0 Å². The van der Waals surface area contributed by atoms with Crippen LogP contribution in [-0.4, -0.2) is 36.1 Å². The Balaban J connectivity index is 2.18. The fourth-order valence-corrected chi connectivity index (χ4v) is 2.84. The van der Waals surface area contributed by atoms with Gasteiger partial charge in [0, 0.05) is 13.1 Å². The SMILES string of the molecule is CCCC[C@@H]1CN(C(=O)c2cccc(F)c2F)C[C@H](C(C)C)O1. The molecule has 0 N–H and O–H groups in total. The second-order valence-corrected chi connectivity index (χ2v) is 6.49. The van der Waals surface area contributed by atoms with Crippen molar-refractivity contribution < 1.29 is 18.3 Å². The molecule has 5 heteroatoms.